The number of pyridine rings is 2. The molecular weight excluding hydrogens is 829 g/mol. The maximum absolute atomic E-state index is 6.47. The summed E-state index contributed by atoms with van der Waals surface area (Å²) in [4.78, 5) is 14.5. The molecule has 0 saturated heterocycles. The van der Waals surface area contributed by atoms with Gasteiger partial charge < -0.3 is 14.0 Å². The van der Waals surface area contributed by atoms with Crippen LogP contribution in [-0.2, 0) is 20.1 Å². The van der Waals surface area contributed by atoms with E-state index in [0.29, 0.717) is 17.5 Å². The van der Waals surface area contributed by atoms with Crippen molar-refractivity contribution in [3.8, 4) is 39.6 Å². The van der Waals surface area contributed by atoms with E-state index in [-0.39, 0.29) is 20.1 Å². The first kappa shape index (κ1) is 35.7. The van der Waals surface area contributed by atoms with Crippen LogP contribution in [0.1, 0.15) is 50.7 Å². The molecule has 9 rings (SSSR count). The van der Waals surface area contributed by atoms with Crippen LogP contribution in [0.3, 0.4) is 0 Å². The summed E-state index contributed by atoms with van der Waals surface area (Å²) in [5.74, 6) is 1.43. The zero-order valence-corrected chi connectivity index (χ0v) is 32.4. The minimum absolute atomic E-state index is 0. The third-order valence-electron chi connectivity index (χ3n) is 9.37. The van der Waals surface area contributed by atoms with E-state index in [0.717, 1.165) is 61.4 Å². The number of hydrogen-bond acceptors (Lipinski definition) is 4. The summed E-state index contributed by atoms with van der Waals surface area (Å²) in [5, 5.41) is 2.15. The number of aromatic nitrogens is 4. The molecule has 0 fully saturated rings. The van der Waals surface area contributed by atoms with Gasteiger partial charge in [0.25, 0.3) is 0 Å². The predicted octanol–water partition coefficient (Wildman–Crippen LogP) is 12.2. The van der Waals surface area contributed by atoms with Crippen molar-refractivity contribution in [3.05, 3.63) is 169 Å². The molecule has 0 aliphatic rings. The number of nitrogens with zero attached hydrogens (tertiary/aromatic N) is 4. The number of benzene rings is 5. The van der Waals surface area contributed by atoms with Crippen molar-refractivity contribution in [3.63, 3.8) is 0 Å². The third-order valence-corrected chi connectivity index (χ3v) is 9.37. The van der Waals surface area contributed by atoms with Gasteiger partial charge in [0.1, 0.15) is 5.58 Å². The van der Waals surface area contributed by atoms with Crippen LogP contribution < -0.4 is 0 Å². The first-order valence-electron chi connectivity index (χ1n) is 17.8. The predicted molar refractivity (Wildman–Crippen MR) is 213 cm³/mol. The summed E-state index contributed by atoms with van der Waals surface area (Å²) < 4.78 is 8.76. The van der Waals surface area contributed by atoms with Crippen molar-refractivity contribution in [2.45, 2.75) is 39.5 Å². The van der Waals surface area contributed by atoms with Gasteiger partial charge in [-0.1, -0.05) is 118 Å². The summed E-state index contributed by atoms with van der Waals surface area (Å²) in [6, 6.07) is 53.7. The van der Waals surface area contributed by atoms with E-state index < -0.39 is 0 Å². The molecule has 0 aliphatic heterocycles. The van der Waals surface area contributed by atoms with Crippen molar-refractivity contribution in [2.75, 3.05) is 0 Å². The molecule has 263 valence electrons. The smallest absolute Gasteiger partial charge is 0.168 e. The largest absolute Gasteiger partial charge is 0.501 e. The van der Waals surface area contributed by atoms with Gasteiger partial charge in [0.05, 0.1) is 22.6 Å². The molecule has 1 radical (unpaired) electrons. The number of rotatable bonds is 6. The molecule has 9 aromatic rings. The number of para-hydroxylation sites is 2. The second kappa shape index (κ2) is 15.5. The third kappa shape index (κ3) is 6.96. The molecule has 4 heterocycles. The number of furan rings is 1. The normalized spacial score (nSPS) is 11.2. The molecule has 6 heteroatoms. The Labute approximate surface area is 323 Å². The summed E-state index contributed by atoms with van der Waals surface area (Å²) in [6.07, 6.45) is 1.79. The zero-order valence-electron chi connectivity index (χ0n) is 30.0. The van der Waals surface area contributed by atoms with Gasteiger partial charge in [0.2, 0.25) is 0 Å². The molecule has 0 unspecified atom stereocenters. The van der Waals surface area contributed by atoms with Gasteiger partial charge in [-0.15, -0.1) is 54.1 Å². The van der Waals surface area contributed by atoms with E-state index >= 15 is 0 Å². The van der Waals surface area contributed by atoms with Crippen LogP contribution in [0.15, 0.2) is 150 Å². The van der Waals surface area contributed by atoms with Gasteiger partial charge in [-0.05, 0) is 52.9 Å². The van der Waals surface area contributed by atoms with E-state index in [1.165, 1.54) is 16.8 Å². The van der Waals surface area contributed by atoms with Crippen molar-refractivity contribution in [2.24, 2.45) is 0 Å². The Hall–Kier alpha value is -5.68. The van der Waals surface area contributed by atoms with Crippen LogP contribution in [0.4, 0.5) is 0 Å². The Balaban J connectivity index is 0.000000284. The number of imidazole rings is 1. The summed E-state index contributed by atoms with van der Waals surface area (Å²) in [5.41, 5.74) is 11.8. The average molecular weight is 867 g/mol. The second-order valence-corrected chi connectivity index (χ2v) is 13.5. The van der Waals surface area contributed by atoms with E-state index in [4.69, 9.17) is 14.4 Å². The van der Waals surface area contributed by atoms with Gasteiger partial charge in [0, 0.05) is 42.9 Å². The van der Waals surface area contributed by atoms with E-state index in [9.17, 15) is 0 Å². The van der Waals surface area contributed by atoms with Crippen LogP contribution in [0.25, 0.3) is 72.7 Å². The van der Waals surface area contributed by atoms with Gasteiger partial charge in [-0.2, -0.15) is 0 Å². The molecule has 53 heavy (non-hydrogen) atoms. The topological polar surface area (TPSA) is 56.7 Å². The van der Waals surface area contributed by atoms with Crippen LogP contribution in [-0.4, -0.2) is 19.5 Å². The fourth-order valence-corrected chi connectivity index (χ4v) is 6.83. The van der Waals surface area contributed by atoms with Gasteiger partial charge in [-0.3, -0.25) is 4.98 Å². The zero-order chi connectivity index (χ0) is 35.6. The Morgan fingerprint density at radius 3 is 2.06 bits per heavy atom. The average Bonchev–Trinajstić information content (AvgIpc) is 3.77. The maximum atomic E-state index is 6.47. The molecule has 0 bridgehead atoms. The Bertz CT molecular complexity index is 2560. The summed E-state index contributed by atoms with van der Waals surface area (Å²) in [6.45, 7) is 9.00. The van der Waals surface area contributed by atoms with Crippen molar-refractivity contribution >= 4 is 33.1 Å². The number of fused-ring (bicyclic) bond motifs is 4. The summed E-state index contributed by atoms with van der Waals surface area (Å²) >= 11 is 0. The van der Waals surface area contributed by atoms with E-state index in [2.05, 4.69) is 104 Å². The Morgan fingerprint density at radius 1 is 0.604 bits per heavy atom. The molecule has 5 nitrogen and oxygen atoms in total. The molecular formula is C47H38IrN4O-2. The van der Waals surface area contributed by atoms with Gasteiger partial charge in [0.15, 0.2) is 5.65 Å². The first-order chi connectivity index (χ1) is 25.5. The van der Waals surface area contributed by atoms with Crippen LogP contribution in [0, 0.1) is 12.1 Å². The van der Waals surface area contributed by atoms with Crippen molar-refractivity contribution in [1.29, 1.82) is 0 Å². The molecule has 4 aromatic heterocycles. The minimum Gasteiger partial charge on any atom is -0.501 e. The Morgan fingerprint density at radius 2 is 1.34 bits per heavy atom. The van der Waals surface area contributed by atoms with Crippen molar-refractivity contribution in [1.82, 2.24) is 19.5 Å². The van der Waals surface area contributed by atoms with E-state index in [1.807, 2.05) is 84.9 Å². The van der Waals surface area contributed by atoms with E-state index in [1.54, 1.807) is 6.20 Å². The number of hydrogen-bond donors (Lipinski definition) is 0. The Kier molecular flexibility index (Phi) is 10.4. The molecule has 0 aliphatic carbocycles. The molecule has 0 spiro atoms. The monoisotopic (exact) mass is 867 g/mol. The molecule has 0 saturated carbocycles. The molecule has 0 N–H and O–H groups in total. The van der Waals surface area contributed by atoms with Gasteiger partial charge in [-0.25, -0.2) is 4.98 Å². The van der Waals surface area contributed by atoms with Crippen molar-refractivity contribution < 1.29 is 24.5 Å². The fraction of sp³-hybridized carbons (Fsp3) is 0.128. The van der Waals surface area contributed by atoms with Crippen LogP contribution in [0.2, 0.25) is 0 Å². The SMILES string of the molecule is CC(C)c1cccc(C(C)C)c1-n1c(-c2[c-]ccc3c2oc2ccccc23)nc2nc(-c3ccccc3)ccc21.[Ir].[c-]1ccccc1-c1ccccn1. The van der Waals surface area contributed by atoms with Crippen LogP contribution >= 0.6 is 0 Å². The quantitative estimate of drug-likeness (QED) is 0.156. The molecule has 0 amide bonds. The minimum atomic E-state index is 0. The standard InChI is InChI=1S/C36H30N3O.C11H8N.Ir/c1-22(2)25-15-10-16-26(23(3)4)33(25)39-31-21-20-30(24-12-6-5-7-13-24)37-35(31)38-36(39)29-18-11-17-28-27-14-8-9-19-32(27)40-34(28)29;1-2-6-10(7-3-1)11-8-4-5-9-12-11;/h5-17,19-23H,1-4H3;1-6,8-9H;/q2*-1;. The van der Waals surface area contributed by atoms with Crippen LogP contribution in [0.5, 0.6) is 0 Å². The molecule has 0 atom stereocenters. The molecule has 5 aromatic carbocycles. The summed E-state index contributed by atoms with van der Waals surface area (Å²) in [7, 11) is 0. The fourth-order valence-electron chi connectivity index (χ4n) is 6.83. The second-order valence-electron chi connectivity index (χ2n) is 13.5. The van der Waals surface area contributed by atoms with Gasteiger partial charge >= 0.3 is 0 Å². The maximum Gasteiger partial charge on any atom is 0.168 e. The first-order valence-corrected chi connectivity index (χ1v) is 17.8.